The fraction of sp³-hybridized carbons (Fsp3) is 0.118. The van der Waals surface area contributed by atoms with E-state index in [1.54, 1.807) is 13.0 Å². The van der Waals surface area contributed by atoms with Gasteiger partial charge in [-0.25, -0.2) is 4.79 Å². The van der Waals surface area contributed by atoms with Gasteiger partial charge in [-0.05, 0) is 31.1 Å². The molecule has 1 aromatic rings. The first-order chi connectivity index (χ1) is 9.04. The molecule has 0 amide bonds. The molecule has 0 aliphatic carbocycles. The lowest BCUT2D eigenvalue weighted by Crippen LogP contribution is -1.95. The van der Waals surface area contributed by atoms with Crippen LogP contribution in [-0.2, 0) is 4.79 Å². The number of rotatable bonds is 5. The first kappa shape index (κ1) is 14.7. The number of hydrogen-bond acceptors (Lipinski definition) is 1. The van der Waals surface area contributed by atoms with E-state index in [4.69, 9.17) is 5.11 Å². The molecule has 0 unspecified atom stereocenters. The molecular formula is C17H18O2. The van der Waals surface area contributed by atoms with E-state index in [1.165, 1.54) is 0 Å². The van der Waals surface area contributed by atoms with E-state index < -0.39 is 5.97 Å². The van der Waals surface area contributed by atoms with Gasteiger partial charge in [0.1, 0.15) is 0 Å². The van der Waals surface area contributed by atoms with Gasteiger partial charge < -0.3 is 5.11 Å². The number of aliphatic carboxylic acids is 1. The first-order valence-corrected chi connectivity index (χ1v) is 6.02. The van der Waals surface area contributed by atoms with Crippen molar-refractivity contribution in [2.24, 2.45) is 0 Å². The Morgan fingerprint density at radius 3 is 2.42 bits per heavy atom. The summed E-state index contributed by atoms with van der Waals surface area (Å²) in [7, 11) is 0. The average Bonchev–Trinajstić information content (AvgIpc) is 2.39. The van der Waals surface area contributed by atoms with Crippen LogP contribution in [0.3, 0.4) is 0 Å². The Kier molecular flexibility index (Phi) is 5.55. The van der Waals surface area contributed by atoms with Gasteiger partial charge in [-0.2, -0.15) is 0 Å². The molecule has 98 valence electrons. The summed E-state index contributed by atoms with van der Waals surface area (Å²) in [5, 5.41) is 8.78. The van der Waals surface area contributed by atoms with Crippen LogP contribution < -0.4 is 0 Å². The summed E-state index contributed by atoms with van der Waals surface area (Å²) in [6.07, 6.45) is 9.22. The number of allylic oxidation sites excluding steroid dienone is 4. The number of hydrogen-bond donors (Lipinski definition) is 1. The molecule has 0 bridgehead atoms. The maximum atomic E-state index is 10.7. The summed E-state index contributed by atoms with van der Waals surface area (Å²) in [5.74, 6) is -0.895. The van der Waals surface area contributed by atoms with Crippen molar-refractivity contribution in [3.63, 3.8) is 0 Å². The standard InChI is InChI=1S/C17H18O2/c1-4-15-9-5-6-10-16(15)11-7-8-13(2)12-14(3)17(18)19/h4-12H,1H2,2-3H3,(H,18,19). The van der Waals surface area contributed by atoms with Crippen LogP contribution in [0.25, 0.3) is 12.2 Å². The maximum Gasteiger partial charge on any atom is 0.331 e. The summed E-state index contributed by atoms with van der Waals surface area (Å²) in [4.78, 5) is 10.7. The molecule has 0 radical (unpaired) electrons. The average molecular weight is 254 g/mol. The number of carboxylic acid groups (broad SMARTS) is 1. The number of carboxylic acids is 1. The lowest BCUT2D eigenvalue weighted by atomic mass is 10.1. The van der Waals surface area contributed by atoms with Crippen molar-refractivity contribution < 1.29 is 9.90 Å². The van der Waals surface area contributed by atoms with Gasteiger partial charge in [0.25, 0.3) is 0 Å². The van der Waals surface area contributed by atoms with Gasteiger partial charge in [0.05, 0.1) is 0 Å². The molecule has 1 rings (SSSR count). The van der Waals surface area contributed by atoms with Crippen molar-refractivity contribution in [3.05, 3.63) is 71.3 Å². The smallest absolute Gasteiger partial charge is 0.331 e. The topological polar surface area (TPSA) is 37.3 Å². The van der Waals surface area contributed by atoms with Crippen LogP contribution in [0.15, 0.2) is 60.2 Å². The van der Waals surface area contributed by atoms with Gasteiger partial charge in [-0.3, -0.25) is 0 Å². The zero-order valence-electron chi connectivity index (χ0n) is 11.3. The van der Waals surface area contributed by atoms with E-state index in [0.717, 1.165) is 16.7 Å². The van der Waals surface area contributed by atoms with Crippen molar-refractivity contribution in [2.45, 2.75) is 13.8 Å². The van der Waals surface area contributed by atoms with E-state index >= 15 is 0 Å². The molecule has 1 aromatic carbocycles. The Morgan fingerprint density at radius 1 is 1.21 bits per heavy atom. The largest absolute Gasteiger partial charge is 0.478 e. The highest BCUT2D eigenvalue weighted by molar-refractivity contribution is 5.86. The Hall–Kier alpha value is -2.35. The highest BCUT2D eigenvalue weighted by Crippen LogP contribution is 2.12. The van der Waals surface area contributed by atoms with Gasteiger partial charge in [0, 0.05) is 5.57 Å². The van der Waals surface area contributed by atoms with Crippen LogP contribution in [0.2, 0.25) is 0 Å². The fourth-order valence-corrected chi connectivity index (χ4v) is 1.60. The third kappa shape index (κ3) is 4.80. The predicted octanol–water partition coefficient (Wildman–Crippen LogP) is 4.32. The van der Waals surface area contributed by atoms with E-state index in [9.17, 15) is 4.79 Å². The molecule has 2 heteroatoms. The van der Waals surface area contributed by atoms with Crippen molar-refractivity contribution >= 4 is 18.1 Å². The molecule has 2 nitrogen and oxygen atoms in total. The molecule has 19 heavy (non-hydrogen) atoms. The minimum Gasteiger partial charge on any atom is -0.478 e. The molecule has 0 aliphatic heterocycles. The van der Waals surface area contributed by atoms with Crippen LogP contribution in [-0.4, -0.2) is 11.1 Å². The molecule has 0 heterocycles. The first-order valence-electron chi connectivity index (χ1n) is 6.02. The summed E-state index contributed by atoms with van der Waals surface area (Å²) in [6.45, 7) is 7.22. The lowest BCUT2D eigenvalue weighted by Gasteiger charge is -1.98. The summed E-state index contributed by atoms with van der Waals surface area (Å²) < 4.78 is 0. The predicted molar refractivity (Wildman–Crippen MR) is 80.7 cm³/mol. The van der Waals surface area contributed by atoms with Gasteiger partial charge in [0.15, 0.2) is 0 Å². The van der Waals surface area contributed by atoms with Crippen molar-refractivity contribution in [3.8, 4) is 0 Å². The van der Waals surface area contributed by atoms with E-state index in [-0.39, 0.29) is 0 Å². The molecule has 0 saturated carbocycles. The third-order valence-electron chi connectivity index (χ3n) is 2.63. The minimum atomic E-state index is -0.895. The van der Waals surface area contributed by atoms with Crippen LogP contribution in [0, 0.1) is 0 Å². The number of benzene rings is 1. The second-order valence-corrected chi connectivity index (χ2v) is 4.24. The van der Waals surface area contributed by atoms with E-state index in [1.807, 2.05) is 55.5 Å². The van der Waals surface area contributed by atoms with Gasteiger partial charge in [-0.15, -0.1) is 0 Å². The Balaban J connectivity index is 2.85. The van der Waals surface area contributed by atoms with Crippen molar-refractivity contribution in [1.29, 1.82) is 0 Å². The van der Waals surface area contributed by atoms with Gasteiger partial charge in [-0.1, -0.05) is 60.7 Å². The van der Waals surface area contributed by atoms with Crippen LogP contribution in [0.5, 0.6) is 0 Å². The monoisotopic (exact) mass is 254 g/mol. The highest BCUT2D eigenvalue weighted by atomic mass is 16.4. The van der Waals surface area contributed by atoms with Crippen molar-refractivity contribution in [2.75, 3.05) is 0 Å². The molecule has 1 N–H and O–H groups in total. The molecule has 0 spiro atoms. The zero-order chi connectivity index (χ0) is 14.3. The molecule has 0 aliphatic rings. The zero-order valence-corrected chi connectivity index (χ0v) is 11.3. The van der Waals surface area contributed by atoms with Crippen LogP contribution in [0.1, 0.15) is 25.0 Å². The van der Waals surface area contributed by atoms with Crippen LogP contribution >= 0.6 is 0 Å². The van der Waals surface area contributed by atoms with Crippen molar-refractivity contribution in [1.82, 2.24) is 0 Å². The van der Waals surface area contributed by atoms with E-state index in [0.29, 0.717) is 5.57 Å². The molecule has 0 aromatic heterocycles. The summed E-state index contributed by atoms with van der Waals surface area (Å²) in [6, 6.07) is 7.94. The van der Waals surface area contributed by atoms with Gasteiger partial charge in [0.2, 0.25) is 0 Å². The molecular weight excluding hydrogens is 236 g/mol. The van der Waals surface area contributed by atoms with Gasteiger partial charge >= 0.3 is 5.97 Å². The summed E-state index contributed by atoms with van der Waals surface area (Å²) in [5.41, 5.74) is 3.38. The Labute approximate surface area is 114 Å². The third-order valence-corrected chi connectivity index (χ3v) is 2.63. The summed E-state index contributed by atoms with van der Waals surface area (Å²) >= 11 is 0. The second kappa shape index (κ2) is 7.17. The molecule has 0 atom stereocenters. The molecule has 0 fully saturated rings. The van der Waals surface area contributed by atoms with Crippen LogP contribution in [0.4, 0.5) is 0 Å². The van der Waals surface area contributed by atoms with E-state index in [2.05, 4.69) is 6.58 Å². The Bertz CT molecular complexity index is 560. The molecule has 0 saturated heterocycles. The normalized spacial score (nSPS) is 12.7. The second-order valence-electron chi connectivity index (χ2n) is 4.24. The number of carbonyl (C=O) groups is 1. The fourth-order valence-electron chi connectivity index (χ4n) is 1.60. The maximum absolute atomic E-state index is 10.7. The SMILES string of the molecule is C=Cc1ccccc1C=CC=C(C)C=C(C)C(=O)O. The quantitative estimate of drug-likeness (QED) is 0.627. The minimum absolute atomic E-state index is 0.327. The lowest BCUT2D eigenvalue weighted by molar-refractivity contribution is -0.132. The Morgan fingerprint density at radius 2 is 1.84 bits per heavy atom. The highest BCUT2D eigenvalue weighted by Gasteiger charge is 1.98.